The van der Waals surface area contributed by atoms with E-state index in [0.29, 0.717) is 11.1 Å². The van der Waals surface area contributed by atoms with Gasteiger partial charge in [0.2, 0.25) is 0 Å². The van der Waals surface area contributed by atoms with Gasteiger partial charge >= 0.3 is 0 Å². The first-order valence-corrected chi connectivity index (χ1v) is 6.17. The molecule has 0 saturated heterocycles. The zero-order valence-corrected chi connectivity index (χ0v) is 10.3. The van der Waals surface area contributed by atoms with E-state index in [4.69, 9.17) is 5.73 Å². The van der Waals surface area contributed by atoms with Crippen molar-refractivity contribution in [3.63, 3.8) is 0 Å². The summed E-state index contributed by atoms with van der Waals surface area (Å²) in [5.41, 5.74) is 7.35. The Morgan fingerprint density at radius 3 is 2.69 bits per heavy atom. The molecule has 0 heterocycles. The topological polar surface area (TPSA) is 26.0 Å². The van der Waals surface area contributed by atoms with Gasteiger partial charge in [-0.1, -0.05) is 50.8 Å². The van der Waals surface area contributed by atoms with Crippen LogP contribution >= 0.6 is 0 Å². The zero-order valence-electron chi connectivity index (χ0n) is 10.3. The van der Waals surface area contributed by atoms with Gasteiger partial charge in [0, 0.05) is 11.6 Å². The fourth-order valence-electron chi connectivity index (χ4n) is 1.90. The summed E-state index contributed by atoms with van der Waals surface area (Å²) in [5, 5.41) is 0. The van der Waals surface area contributed by atoms with Crippen molar-refractivity contribution in [1.82, 2.24) is 0 Å². The van der Waals surface area contributed by atoms with Crippen molar-refractivity contribution in [2.75, 3.05) is 0 Å². The molecule has 0 saturated carbocycles. The number of rotatable bonds is 6. The lowest BCUT2D eigenvalue weighted by Crippen LogP contribution is -2.12. The molecular weight excluding hydrogens is 201 g/mol. The van der Waals surface area contributed by atoms with Crippen molar-refractivity contribution < 1.29 is 4.39 Å². The second-order valence-corrected chi connectivity index (χ2v) is 4.43. The van der Waals surface area contributed by atoms with Crippen LogP contribution in [0.2, 0.25) is 0 Å². The quantitative estimate of drug-likeness (QED) is 0.722. The molecule has 0 bridgehead atoms. The number of benzene rings is 1. The van der Waals surface area contributed by atoms with Gasteiger partial charge in [0.1, 0.15) is 5.82 Å². The number of aryl methyl sites for hydroxylation is 1. The van der Waals surface area contributed by atoms with E-state index in [1.807, 2.05) is 6.07 Å². The molecule has 0 aliphatic heterocycles. The van der Waals surface area contributed by atoms with Gasteiger partial charge in [0.05, 0.1) is 0 Å². The predicted octanol–water partition coefficient (Wildman–Crippen LogP) is 4.10. The number of hydrogen-bond acceptors (Lipinski definition) is 1. The Bertz CT molecular complexity index is 323. The van der Waals surface area contributed by atoms with E-state index in [0.717, 1.165) is 12.8 Å². The third kappa shape index (κ3) is 3.60. The third-order valence-corrected chi connectivity index (χ3v) is 2.99. The maximum atomic E-state index is 13.7. The van der Waals surface area contributed by atoms with E-state index in [-0.39, 0.29) is 11.9 Å². The highest BCUT2D eigenvalue weighted by Crippen LogP contribution is 2.22. The first kappa shape index (κ1) is 13.2. The molecule has 1 rings (SSSR count). The molecule has 1 unspecified atom stereocenters. The van der Waals surface area contributed by atoms with Gasteiger partial charge in [-0.2, -0.15) is 0 Å². The summed E-state index contributed by atoms with van der Waals surface area (Å²) >= 11 is 0. The molecule has 90 valence electrons. The molecule has 2 heteroatoms. The largest absolute Gasteiger partial charge is 0.324 e. The molecule has 0 aliphatic carbocycles. The second kappa shape index (κ2) is 6.64. The molecule has 2 N–H and O–H groups in total. The summed E-state index contributed by atoms with van der Waals surface area (Å²) in [6.45, 7) is 3.96. The maximum absolute atomic E-state index is 13.7. The van der Waals surface area contributed by atoms with Crippen LogP contribution in [0.1, 0.15) is 56.2 Å². The van der Waals surface area contributed by atoms with Crippen LogP contribution in [0.5, 0.6) is 0 Å². The highest BCUT2D eigenvalue weighted by Gasteiger charge is 2.12. The van der Waals surface area contributed by atoms with Crippen molar-refractivity contribution >= 4 is 0 Å². The summed E-state index contributed by atoms with van der Waals surface area (Å²) in [7, 11) is 0. The monoisotopic (exact) mass is 223 g/mol. The van der Waals surface area contributed by atoms with Crippen LogP contribution in [0, 0.1) is 12.7 Å². The van der Waals surface area contributed by atoms with E-state index < -0.39 is 0 Å². The Hall–Kier alpha value is -0.890. The SMILES string of the molecule is CCCCCCC(N)c1cccc(C)c1F. The van der Waals surface area contributed by atoms with E-state index in [9.17, 15) is 4.39 Å². The van der Waals surface area contributed by atoms with Crippen LogP contribution in [0.3, 0.4) is 0 Å². The van der Waals surface area contributed by atoms with E-state index >= 15 is 0 Å². The van der Waals surface area contributed by atoms with Crippen LogP contribution in [0.25, 0.3) is 0 Å². The smallest absolute Gasteiger partial charge is 0.130 e. The number of unbranched alkanes of at least 4 members (excludes halogenated alkanes) is 3. The fraction of sp³-hybridized carbons (Fsp3) is 0.571. The lowest BCUT2D eigenvalue weighted by molar-refractivity contribution is 0.529. The summed E-state index contributed by atoms with van der Waals surface area (Å²) in [4.78, 5) is 0. The standard InChI is InChI=1S/C14H22FN/c1-3-4-5-6-10-13(16)12-9-7-8-11(2)14(12)15/h7-9,13H,3-6,10,16H2,1-2H3. The Morgan fingerprint density at radius 1 is 1.25 bits per heavy atom. The molecule has 16 heavy (non-hydrogen) atoms. The minimum atomic E-state index is -0.156. The molecular formula is C14H22FN. The molecule has 1 nitrogen and oxygen atoms in total. The highest BCUT2D eigenvalue weighted by atomic mass is 19.1. The van der Waals surface area contributed by atoms with Crippen molar-refractivity contribution in [3.05, 3.63) is 35.1 Å². The first-order chi connectivity index (χ1) is 7.66. The molecule has 0 spiro atoms. The summed E-state index contributed by atoms with van der Waals surface area (Å²) < 4.78 is 13.7. The summed E-state index contributed by atoms with van der Waals surface area (Å²) in [5.74, 6) is -0.134. The van der Waals surface area contributed by atoms with Crippen LogP contribution in [0.15, 0.2) is 18.2 Å². The van der Waals surface area contributed by atoms with Crippen LogP contribution in [0.4, 0.5) is 4.39 Å². The van der Waals surface area contributed by atoms with Gasteiger partial charge in [0.25, 0.3) is 0 Å². The van der Waals surface area contributed by atoms with E-state index in [1.165, 1.54) is 19.3 Å². The molecule has 0 amide bonds. The van der Waals surface area contributed by atoms with Gasteiger partial charge in [-0.25, -0.2) is 4.39 Å². The van der Waals surface area contributed by atoms with Gasteiger partial charge < -0.3 is 5.73 Å². The van der Waals surface area contributed by atoms with Crippen molar-refractivity contribution in [3.8, 4) is 0 Å². The summed E-state index contributed by atoms with van der Waals surface area (Å²) in [6.07, 6.45) is 5.61. The Morgan fingerprint density at radius 2 is 2.00 bits per heavy atom. The zero-order chi connectivity index (χ0) is 12.0. The molecule has 1 atom stereocenters. The third-order valence-electron chi connectivity index (χ3n) is 2.99. The predicted molar refractivity (Wildman–Crippen MR) is 66.8 cm³/mol. The van der Waals surface area contributed by atoms with Crippen molar-refractivity contribution in [2.45, 2.75) is 52.0 Å². The normalized spacial score (nSPS) is 12.8. The minimum absolute atomic E-state index is 0.134. The molecule has 0 radical (unpaired) electrons. The van der Waals surface area contributed by atoms with E-state index in [1.54, 1.807) is 19.1 Å². The van der Waals surface area contributed by atoms with Gasteiger partial charge in [-0.15, -0.1) is 0 Å². The molecule has 1 aromatic carbocycles. The number of halogens is 1. The lowest BCUT2D eigenvalue weighted by atomic mass is 9.99. The molecule has 0 aliphatic rings. The summed E-state index contributed by atoms with van der Waals surface area (Å²) in [6, 6.07) is 5.30. The average Bonchev–Trinajstić information content (AvgIpc) is 2.28. The molecule has 1 aromatic rings. The van der Waals surface area contributed by atoms with E-state index in [2.05, 4.69) is 6.92 Å². The van der Waals surface area contributed by atoms with Crippen LogP contribution in [-0.4, -0.2) is 0 Å². The van der Waals surface area contributed by atoms with Crippen molar-refractivity contribution in [2.24, 2.45) is 5.73 Å². The van der Waals surface area contributed by atoms with Gasteiger partial charge in [-0.05, 0) is 18.9 Å². The molecule has 0 aromatic heterocycles. The molecule has 0 fully saturated rings. The number of hydrogen-bond donors (Lipinski definition) is 1. The first-order valence-electron chi connectivity index (χ1n) is 6.17. The number of nitrogens with two attached hydrogens (primary N) is 1. The minimum Gasteiger partial charge on any atom is -0.324 e. The van der Waals surface area contributed by atoms with Crippen molar-refractivity contribution in [1.29, 1.82) is 0 Å². The van der Waals surface area contributed by atoms with Gasteiger partial charge in [-0.3, -0.25) is 0 Å². The van der Waals surface area contributed by atoms with Crippen LogP contribution in [-0.2, 0) is 0 Å². The fourth-order valence-corrected chi connectivity index (χ4v) is 1.90. The Labute approximate surface area is 97.9 Å². The van der Waals surface area contributed by atoms with Crippen LogP contribution < -0.4 is 5.73 Å². The highest BCUT2D eigenvalue weighted by molar-refractivity contribution is 5.27. The average molecular weight is 223 g/mol. The van der Waals surface area contributed by atoms with Gasteiger partial charge in [0.15, 0.2) is 0 Å². The maximum Gasteiger partial charge on any atom is 0.130 e. The Balaban J connectivity index is 2.52. The Kier molecular flexibility index (Phi) is 5.47. The second-order valence-electron chi connectivity index (χ2n) is 4.43. The lowest BCUT2D eigenvalue weighted by Gasteiger charge is -2.13.